The Morgan fingerprint density at radius 3 is 2.50 bits per heavy atom. The van der Waals surface area contributed by atoms with E-state index in [0.717, 1.165) is 5.75 Å². The first-order valence-electron chi connectivity index (χ1n) is 6.61. The zero-order valence-electron chi connectivity index (χ0n) is 11.4. The van der Waals surface area contributed by atoms with E-state index in [4.69, 9.17) is 9.47 Å². The zero-order valence-corrected chi connectivity index (χ0v) is 11.4. The van der Waals surface area contributed by atoms with Gasteiger partial charge >= 0.3 is 11.8 Å². The van der Waals surface area contributed by atoms with Crippen LogP contribution in [0.15, 0.2) is 24.3 Å². The molecule has 6 nitrogen and oxygen atoms in total. The van der Waals surface area contributed by atoms with Crippen molar-refractivity contribution in [1.82, 2.24) is 4.90 Å². The smallest absolute Gasteiger partial charge is 0.313 e. The Morgan fingerprint density at radius 1 is 1.25 bits per heavy atom. The molecule has 0 spiro atoms. The minimum Gasteiger partial charge on any atom is -0.494 e. The zero-order chi connectivity index (χ0) is 14.4. The highest BCUT2D eigenvalue weighted by atomic mass is 16.5. The summed E-state index contributed by atoms with van der Waals surface area (Å²) >= 11 is 0. The molecule has 20 heavy (non-hydrogen) atoms. The normalized spacial score (nSPS) is 14.8. The predicted octanol–water partition coefficient (Wildman–Crippen LogP) is 0.883. The molecule has 1 aliphatic heterocycles. The summed E-state index contributed by atoms with van der Waals surface area (Å²) in [6.45, 7) is 4.34. The van der Waals surface area contributed by atoms with Gasteiger partial charge in [-0.1, -0.05) is 0 Å². The third-order valence-electron chi connectivity index (χ3n) is 2.92. The van der Waals surface area contributed by atoms with Gasteiger partial charge in [0.25, 0.3) is 0 Å². The second-order valence-corrected chi connectivity index (χ2v) is 4.32. The fraction of sp³-hybridized carbons (Fsp3) is 0.429. The molecule has 0 aromatic heterocycles. The van der Waals surface area contributed by atoms with Crippen LogP contribution in [-0.4, -0.2) is 49.6 Å². The van der Waals surface area contributed by atoms with E-state index in [2.05, 4.69) is 5.32 Å². The van der Waals surface area contributed by atoms with Crippen molar-refractivity contribution >= 4 is 17.5 Å². The average molecular weight is 278 g/mol. The lowest BCUT2D eigenvalue weighted by Crippen LogP contribution is -2.45. The third kappa shape index (κ3) is 3.71. The van der Waals surface area contributed by atoms with Gasteiger partial charge in [0.15, 0.2) is 0 Å². The van der Waals surface area contributed by atoms with Crippen molar-refractivity contribution < 1.29 is 19.1 Å². The van der Waals surface area contributed by atoms with Gasteiger partial charge in [-0.15, -0.1) is 0 Å². The molecule has 1 aliphatic rings. The quantitative estimate of drug-likeness (QED) is 0.834. The Labute approximate surface area is 117 Å². The third-order valence-corrected chi connectivity index (χ3v) is 2.92. The maximum Gasteiger partial charge on any atom is 0.313 e. The minimum absolute atomic E-state index is 0.454. The lowest BCUT2D eigenvalue weighted by molar-refractivity contribution is -0.145. The molecule has 2 rings (SSSR count). The van der Waals surface area contributed by atoms with Gasteiger partial charge in [0.05, 0.1) is 19.8 Å². The summed E-state index contributed by atoms with van der Waals surface area (Å²) in [5.41, 5.74) is 0.570. The predicted molar refractivity (Wildman–Crippen MR) is 73.6 cm³/mol. The molecule has 1 saturated heterocycles. The van der Waals surface area contributed by atoms with E-state index in [0.29, 0.717) is 38.6 Å². The molecule has 2 amide bonds. The van der Waals surface area contributed by atoms with Gasteiger partial charge < -0.3 is 19.7 Å². The molecule has 0 aliphatic carbocycles. The van der Waals surface area contributed by atoms with Crippen molar-refractivity contribution in [2.75, 3.05) is 38.2 Å². The van der Waals surface area contributed by atoms with Crippen molar-refractivity contribution in [1.29, 1.82) is 0 Å². The Hall–Kier alpha value is -2.08. The summed E-state index contributed by atoms with van der Waals surface area (Å²) in [4.78, 5) is 25.2. The van der Waals surface area contributed by atoms with Crippen LogP contribution in [0.3, 0.4) is 0 Å². The van der Waals surface area contributed by atoms with Crippen LogP contribution in [0, 0.1) is 0 Å². The second kappa shape index (κ2) is 6.91. The maximum absolute atomic E-state index is 11.9. The molecule has 0 unspecified atom stereocenters. The van der Waals surface area contributed by atoms with Crippen LogP contribution in [-0.2, 0) is 14.3 Å². The van der Waals surface area contributed by atoms with E-state index >= 15 is 0 Å². The van der Waals surface area contributed by atoms with Crippen molar-refractivity contribution in [3.63, 3.8) is 0 Å². The first-order valence-corrected chi connectivity index (χ1v) is 6.61. The number of nitrogens with zero attached hydrogens (tertiary/aromatic N) is 1. The molecule has 108 valence electrons. The van der Waals surface area contributed by atoms with E-state index < -0.39 is 11.8 Å². The Morgan fingerprint density at radius 2 is 1.90 bits per heavy atom. The van der Waals surface area contributed by atoms with Crippen LogP contribution in [0.2, 0.25) is 0 Å². The molecule has 1 heterocycles. The van der Waals surface area contributed by atoms with Crippen LogP contribution in [0.1, 0.15) is 6.92 Å². The lowest BCUT2D eigenvalue weighted by Gasteiger charge is -2.26. The van der Waals surface area contributed by atoms with Crippen molar-refractivity contribution in [3.8, 4) is 5.75 Å². The second-order valence-electron chi connectivity index (χ2n) is 4.32. The lowest BCUT2D eigenvalue weighted by atomic mass is 10.3. The summed E-state index contributed by atoms with van der Waals surface area (Å²) < 4.78 is 10.5. The molecule has 1 N–H and O–H groups in total. The number of carbonyl (C=O) groups is 2. The van der Waals surface area contributed by atoms with E-state index in [1.807, 2.05) is 6.92 Å². The Bertz CT molecular complexity index is 467. The molecule has 6 heteroatoms. The van der Waals surface area contributed by atoms with Crippen LogP contribution in [0.5, 0.6) is 5.75 Å². The first-order chi connectivity index (χ1) is 9.70. The van der Waals surface area contributed by atoms with Gasteiger partial charge in [-0.3, -0.25) is 9.59 Å². The topological polar surface area (TPSA) is 67.9 Å². The van der Waals surface area contributed by atoms with Gasteiger partial charge in [0.2, 0.25) is 0 Å². The standard InChI is InChI=1S/C14H18N2O4/c1-2-20-12-5-3-11(4-6-12)15-13(17)14(18)16-7-9-19-10-8-16/h3-6H,2,7-10H2,1H3,(H,15,17). The van der Waals surface area contributed by atoms with Gasteiger partial charge in [-0.2, -0.15) is 0 Å². The fourth-order valence-electron chi connectivity index (χ4n) is 1.90. The van der Waals surface area contributed by atoms with E-state index in [-0.39, 0.29) is 0 Å². The molecular weight excluding hydrogens is 260 g/mol. The number of ether oxygens (including phenoxy) is 2. The molecule has 0 bridgehead atoms. The van der Waals surface area contributed by atoms with Crippen LogP contribution < -0.4 is 10.1 Å². The van der Waals surface area contributed by atoms with Gasteiger partial charge in [-0.25, -0.2) is 0 Å². The highest BCUT2D eigenvalue weighted by molar-refractivity contribution is 6.39. The number of amides is 2. The molecule has 0 saturated carbocycles. The Kier molecular flexibility index (Phi) is 4.95. The van der Waals surface area contributed by atoms with Gasteiger partial charge in [0, 0.05) is 18.8 Å². The first kappa shape index (κ1) is 14.3. The van der Waals surface area contributed by atoms with Gasteiger partial charge in [0.1, 0.15) is 5.75 Å². The highest BCUT2D eigenvalue weighted by Crippen LogP contribution is 2.15. The number of anilines is 1. The highest BCUT2D eigenvalue weighted by Gasteiger charge is 2.23. The Balaban J connectivity index is 1.91. The van der Waals surface area contributed by atoms with Gasteiger partial charge in [-0.05, 0) is 31.2 Å². The molecule has 1 aromatic carbocycles. The van der Waals surface area contributed by atoms with Crippen molar-refractivity contribution in [2.24, 2.45) is 0 Å². The van der Waals surface area contributed by atoms with E-state index in [9.17, 15) is 9.59 Å². The average Bonchev–Trinajstić information content (AvgIpc) is 2.49. The molecule has 0 radical (unpaired) electrons. The molecule has 0 atom stereocenters. The number of nitrogens with one attached hydrogen (secondary N) is 1. The summed E-state index contributed by atoms with van der Waals surface area (Å²) in [6, 6.07) is 6.90. The summed E-state index contributed by atoms with van der Waals surface area (Å²) in [5, 5.41) is 2.58. The summed E-state index contributed by atoms with van der Waals surface area (Å²) in [7, 11) is 0. The number of carbonyl (C=O) groups excluding carboxylic acids is 2. The largest absolute Gasteiger partial charge is 0.494 e. The van der Waals surface area contributed by atoms with E-state index in [1.165, 1.54) is 4.90 Å². The number of benzene rings is 1. The van der Waals surface area contributed by atoms with Crippen molar-refractivity contribution in [2.45, 2.75) is 6.92 Å². The SMILES string of the molecule is CCOc1ccc(NC(=O)C(=O)N2CCOCC2)cc1. The monoisotopic (exact) mass is 278 g/mol. The maximum atomic E-state index is 11.9. The summed E-state index contributed by atoms with van der Waals surface area (Å²) in [6.07, 6.45) is 0. The molecular formula is C14H18N2O4. The number of rotatable bonds is 3. The number of morpholine rings is 1. The van der Waals surface area contributed by atoms with Crippen molar-refractivity contribution in [3.05, 3.63) is 24.3 Å². The summed E-state index contributed by atoms with van der Waals surface area (Å²) in [5.74, 6) is -0.428. The van der Waals surface area contributed by atoms with E-state index in [1.54, 1.807) is 24.3 Å². The number of hydrogen-bond acceptors (Lipinski definition) is 4. The molecule has 1 fully saturated rings. The van der Waals surface area contributed by atoms with Crippen LogP contribution in [0.25, 0.3) is 0 Å². The number of hydrogen-bond donors (Lipinski definition) is 1. The minimum atomic E-state index is -0.629. The van der Waals surface area contributed by atoms with Crippen LogP contribution >= 0.6 is 0 Å². The molecule has 1 aromatic rings. The fourth-order valence-corrected chi connectivity index (χ4v) is 1.90. The van der Waals surface area contributed by atoms with Crippen LogP contribution in [0.4, 0.5) is 5.69 Å².